The Morgan fingerprint density at radius 3 is 2.80 bits per heavy atom. The Morgan fingerprint density at radius 2 is 2.13 bits per heavy atom. The fourth-order valence-corrected chi connectivity index (χ4v) is 2.65. The van der Waals surface area contributed by atoms with E-state index in [1.165, 1.54) is 12.0 Å². The number of hydrogen-bond acceptors (Lipinski definition) is 1. The Kier molecular flexibility index (Phi) is 3.53. The first kappa shape index (κ1) is 10.8. The summed E-state index contributed by atoms with van der Waals surface area (Å²) in [5.41, 5.74) is 1.34. The van der Waals surface area contributed by atoms with E-state index in [1.54, 1.807) is 0 Å². The lowest BCUT2D eigenvalue weighted by molar-refractivity contribution is 0.334. The summed E-state index contributed by atoms with van der Waals surface area (Å²) in [6.07, 6.45) is 3.41. The second kappa shape index (κ2) is 4.89. The largest absolute Gasteiger partial charge is 0.494 e. The lowest BCUT2D eigenvalue weighted by Gasteiger charge is -2.15. The molecule has 2 unspecified atom stereocenters. The molecule has 2 atom stereocenters. The minimum Gasteiger partial charge on any atom is -0.494 e. The fourth-order valence-electron chi connectivity index (χ4n) is 2.31. The first-order chi connectivity index (χ1) is 7.31. The molecular weight excluding hydrogens is 208 g/mol. The minimum absolute atomic E-state index is 0.352. The van der Waals surface area contributed by atoms with Gasteiger partial charge in [-0.15, -0.1) is 11.6 Å². The molecule has 0 bridgehead atoms. The van der Waals surface area contributed by atoms with Crippen molar-refractivity contribution < 1.29 is 4.74 Å². The van der Waals surface area contributed by atoms with Crippen LogP contribution in [0.2, 0.25) is 0 Å². The molecule has 0 N–H and O–H groups in total. The molecule has 0 heterocycles. The molecule has 1 aliphatic rings. The van der Waals surface area contributed by atoms with Gasteiger partial charge < -0.3 is 4.74 Å². The van der Waals surface area contributed by atoms with E-state index in [4.69, 9.17) is 16.3 Å². The SMILES string of the molecule is CCOc1ccccc1C1CCC(Cl)C1. The van der Waals surface area contributed by atoms with Gasteiger partial charge in [0.1, 0.15) is 5.75 Å². The molecule has 0 amide bonds. The van der Waals surface area contributed by atoms with Gasteiger partial charge in [-0.05, 0) is 43.7 Å². The molecule has 0 aliphatic heterocycles. The van der Waals surface area contributed by atoms with E-state index < -0.39 is 0 Å². The van der Waals surface area contributed by atoms with E-state index in [-0.39, 0.29) is 0 Å². The summed E-state index contributed by atoms with van der Waals surface area (Å²) in [5, 5.41) is 0.352. The van der Waals surface area contributed by atoms with Crippen LogP contribution in [0.15, 0.2) is 24.3 Å². The highest BCUT2D eigenvalue weighted by molar-refractivity contribution is 6.20. The second-order valence-electron chi connectivity index (χ2n) is 4.08. The molecule has 1 aliphatic carbocycles. The third kappa shape index (κ3) is 2.46. The third-order valence-corrected chi connectivity index (χ3v) is 3.42. The lowest BCUT2D eigenvalue weighted by atomic mass is 9.97. The Bertz CT molecular complexity index is 324. The molecule has 1 aromatic rings. The van der Waals surface area contributed by atoms with Crippen LogP contribution >= 0.6 is 11.6 Å². The maximum absolute atomic E-state index is 6.15. The van der Waals surface area contributed by atoms with Gasteiger partial charge in [0.2, 0.25) is 0 Å². The number of hydrogen-bond donors (Lipinski definition) is 0. The van der Waals surface area contributed by atoms with Gasteiger partial charge >= 0.3 is 0 Å². The quantitative estimate of drug-likeness (QED) is 0.707. The van der Waals surface area contributed by atoms with E-state index in [0.717, 1.165) is 25.2 Å². The van der Waals surface area contributed by atoms with Crippen LogP contribution in [-0.4, -0.2) is 12.0 Å². The van der Waals surface area contributed by atoms with E-state index in [0.29, 0.717) is 11.3 Å². The van der Waals surface area contributed by atoms with Gasteiger partial charge in [0, 0.05) is 5.38 Å². The lowest BCUT2D eigenvalue weighted by Crippen LogP contribution is -2.00. The molecule has 82 valence electrons. The maximum atomic E-state index is 6.15. The van der Waals surface area contributed by atoms with E-state index in [2.05, 4.69) is 18.2 Å². The van der Waals surface area contributed by atoms with Crippen molar-refractivity contribution in [2.24, 2.45) is 0 Å². The van der Waals surface area contributed by atoms with Crippen LogP contribution in [-0.2, 0) is 0 Å². The molecule has 1 nitrogen and oxygen atoms in total. The van der Waals surface area contributed by atoms with Gasteiger partial charge in [-0.3, -0.25) is 0 Å². The van der Waals surface area contributed by atoms with Gasteiger partial charge in [0.05, 0.1) is 6.61 Å². The maximum Gasteiger partial charge on any atom is 0.122 e. The van der Waals surface area contributed by atoms with Crippen molar-refractivity contribution in [3.8, 4) is 5.75 Å². The van der Waals surface area contributed by atoms with Crippen LogP contribution in [0.25, 0.3) is 0 Å². The normalized spacial score (nSPS) is 25.5. The summed E-state index contributed by atoms with van der Waals surface area (Å²) in [6, 6.07) is 8.34. The van der Waals surface area contributed by atoms with Crippen molar-refractivity contribution >= 4 is 11.6 Å². The minimum atomic E-state index is 0.352. The highest BCUT2D eigenvalue weighted by atomic mass is 35.5. The fraction of sp³-hybridized carbons (Fsp3) is 0.538. The predicted octanol–water partition coefficient (Wildman–Crippen LogP) is 3.96. The van der Waals surface area contributed by atoms with Crippen LogP contribution in [0.3, 0.4) is 0 Å². The monoisotopic (exact) mass is 224 g/mol. The summed E-state index contributed by atoms with van der Waals surface area (Å²) >= 11 is 6.15. The summed E-state index contributed by atoms with van der Waals surface area (Å²) in [7, 11) is 0. The topological polar surface area (TPSA) is 9.23 Å². The smallest absolute Gasteiger partial charge is 0.122 e. The van der Waals surface area contributed by atoms with Crippen LogP contribution in [0.5, 0.6) is 5.75 Å². The Hall–Kier alpha value is -0.690. The highest BCUT2D eigenvalue weighted by Gasteiger charge is 2.26. The molecule has 0 radical (unpaired) electrons. The molecule has 1 saturated carbocycles. The standard InChI is InChI=1S/C13H17ClO/c1-2-15-13-6-4-3-5-12(13)10-7-8-11(14)9-10/h3-6,10-11H,2,7-9H2,1H3. The van der Waals surface area contributed by atoms with Crippen LogP contribution in [0, 0.1) is 0 Å². The van der Waals surface area contributed by atoms with Crippen molar-refractivity contribution in [3.05, 3.63) is 29.8 Å². The molecule has 2 rings (SSSR count). The zero-order chi connectivity index (χ0) is 10.7. The van der Waals surface area contributed by atoms with E-state index in [9.17, 15) is 0 Å². The second-order valence-corrected chi connectivity index (χ2v) is 4.70. The molecule has 15 heavy (non-hydrogen) atoms. The number of rotatable bonds is 3. The van der Waals surface area contributed by atoms with Crippen molar-refractivity contribution in [2.45, 2.75) is 37.5 Å². The summed E-state index contributed by atoms with van der Waals surface area (Å²) < 4.78 is 5.64. The van der Waals surface area contributed by atoms with Crippen molar-refractivity contribution in [2.75, 3.05) is 6.61 Å². The predicted molar refractivity (Wildman–Crippen MR) is 63.8 cm³/mol. The molecule has 0 aromatic heterocycles. The summed E-state index contributed by atoms with van der Waals surface area (Å²) in [6.45, 7) is 2.75. The molecule has 1 aromatic carbocycles. The number of para-hydroxylation sites is 1. The van der Waals surface area contributed by atoms with Gasteiger partial charge in [-0.2, -0.15) is 0 Å². The van der Waals surface area contributed by atoms with E-state index >= 15 is 0 Å². The number of benzene rings is 1. The van der Waals surface area contributed by atoms with E-state index in [1.807, 2.05) is 13.0 Å². The third-order valence-electron chi connectivity index (χ3n) is 3.03. The molecule has 0 saturated heterocycles. The van der Waals surface area contributed by atoms with Crippen molar-refractivity contribution in [1.29, 1.82) is 0 Å². The highest BCUT2D eigenvalue weighted by Crippen LogP contribution is 2.40. The summed E-state index contributed by atoms with van der Waals surface area (Å²) in [4.78, 5) is 0. The molecule has 0 spiro atoms. The molecule has 1 fully saturated rings. The van der Waals surface area contributed by atoms with Gasteiger partial charge in [-0.25, -0.2) is 0 Å². The average Bonchev–Trinajstić information content (AvgIpc) is 2.66. The van der Waals surface area contributed by atoms with Crippen LogP contribution < -0.4 is 4.74 Å². The van der Waals surface area contributed by atoms with Gasteiger partial charge in [0.25, 0.3) is 0 Å². The Labute approximate surface area is 96.4 Å². The first-order valence-corrected chi connectivity index (χ1v) is 6.10. The van der Waals surface area contributed by atoms with Crippen molar-refractivity contribution in [3.63, 3.8) is 0 Å². The molecule has 2 heteroatoms. The zero-order valence-corrected chi connectivity index (χ0v) is 9.83. The van der Waals surface area contributed by atoms with Gasteiger partial charge in [-0.1, -0.05) is 18.2 Å². The zero-order valence-electron chi connectivity index (χ0n) is 9.08. The Balaban J connectivity index is 2.19. The number of ether oxygens (including phenoxy) is 1. The van der Waals surface area contributed by atoms with Crippen molar-refractivity contribution in [1.82, 2.24) is 0 Å². The summed E-state index contributed by atoms with van der Waals surface area (Å²) in [5.74, 6) is 1.63. The molecular formula is C13H17ClO. The number of alkyl halides is 1. The number of halogens is 1. The average molecular weight is 225 g/mol. The Morgan fingerprint density at radius 1 is 1.33 bits per heavy atom. The first-order valence-electron chi connectivity index (χ1n) is 5.67. The van der Waals surface area contributed by atoms with Crippen LogP contribution in [0.4, 0.5) is 0 Å². The van der Waals surface area contributed by atoms with Crippen LogP contribution in [0.1, 0.15) is 37.7 Å². The van der Waals surface area contributed by atoms with Gasteiger partial charge in [0.15, 0.2) is 0 Å².